The fourth-order valence-corrected chi connectivity index (χ4v) is 3.09. The lowest BCUT2D eigenvalue weighted by atomic mass is 10.0. The van der Waals surface area contributed by atoms with Gasteiger partial charge in [0.05, 0.1) is 11.4 Å². The fourth-order valence-electron chi connectivity index (χ4n) is 2.28. The van der Waals surface area contributed by atoms with Gasteiger partial charge in [-0.15, -0.1) is 0 Å². The number of aliphatic carboxylic acids is 1. The van der Waals surface area contributed by atoms with Gasteiger partial charge in [0.25, 0.3) is 0 Å². The number of carboxylic acid groups (broad SMARTS) is 1. The molecule has 1 N–H and O–H groups in total. The van der Waals surface area contributed by atoms with Gasteiger partial charge in [-0.2, -0.15) is 5.10 Å². The zero-order valence-corrected chi connectivity index (χ0v) is 14.4. The van der Waals surface area contributed by atoms with E-state index in [0.29, 0.717) is 15.9 Å². The molecule has 0 saturated carbocycles. The molecule has 122 valence electrons. The third kappa shape index (κ3) is 3.60. The van der Waals surface area contributed by atoms with Crippen LogP contribution in [0.1, 0.15) is 11.1 Å². The van der Waals surface area contributed by atoms with E-state index in [0.717, 1.165) is 28.6 Å². The van der Waals surface area contributed by atoms with Gasteiger partial charge in [-0.25, -0.2) is 10.0 Å². The third-order valence-electron chi connectivity index (χ3n) is 3.33. The number of hydrogen-bond donors (Lipinski definition) is 1. The van der Waals surface area contributed by atoms with Crippen LogP contribution in [0.4, 0.5) is 5.69 Å². The SMILES string of the molecule is CN1N=C(c2ccccc2)c2cc(Cl)ccc2N=C1SCC(=O)O. The number of benzene rings is 2. The van der Waals surface area contributed by atoms with E-state index in [1.54, 1.807) is 18.1 Å². The van der Waals surface area contributed by atoms with Crippen LogP contribution in [0.25, 0.3) is 0 Å². The summed E-state index contributed by atoms with van der Waals surface area (Å²) in [6.45, 7) is 0. The molecule has 0 fully saturated rings. The molecule has 1 heterocycles. The lowest BCUT2D eigenvalue weighted by Gasteiger charge is -2.14. The normalized spacial score (nSPS) is 13.7. The molecule has 5 nitrogen and oxygen atoms in total. The Morgan fingerprint density at radius 1 is 1.25 bits per heavy atom. The topological polar surface area (TPSA) is 65.3 Å². The molecule has 3 rings (SSSR count). The van der Waals surface area contributed by atoms with E-state index in [9.17, 15) is 4.79 Å². The van der Waals surface area contributed by atoms with E-state index in [1.165, 1.54) is 0 Å². The molecule has 0 unspecified atom stereocenters. The first-order chi connectivity index (χ1) is 11.5. The maximum atomic E-state index is 10.9. The van der Waals surface area contributed by atoms with Gasteiger partial charge in [0, 0.05) is 23.2 Å². The van der Waals surface area contributed by atoms with Crippen molar-refractivity contribution in [1.29, 1.82) is 0 Å². The van der Waals surface area contributed by atoms with E-state index < -0.39 is 5.97 Å². The smallest absolute Gasteiger partial charge is 0.313 e. The van der Waals surface area contributed by atoms with Crippen molar-refractivity contribution in [2.75, 3.05) is 12.8 Å². The second-order valence-corrected chi connectivity index (χ2v) is 6.46. The maximum absolute atomic E-state index is 10.9. The number of carboxylic acids is 1. The van der Waals surface area contributed by atoms with Crippen molar-refractivity contribution < 1.29 is 9.90 Å². The molecule has 0 saturated heterocycles. The largest absolute Gasteiger partial charge is 0.481 e. The van der Waals surface area contributed by atoms with E-state index in [1.807, 2.05) is 42.5 Å². The van der Waals surface area contributed by atoms with Crippen LogP contribution >= 0.6 is 23.4 Å². The van der Waals surface area contributed by atoms with Gasteiger partial charge in [-0.3, -0.25) is 4.79 Å². The van der Waals surface area contributed by atoms with Crippen LogP contribution in [-0.4, -0.2) is 39.8 Å². The first kappa shape index (κ1) is 16.5. The molecule has 2 aromatic carbocycles. The summed E-state index contributed by atoms with van der Waals surface area (Å²) >= 11 is 7.29. The first-order valence-electron chi connectivity index (χ1n) is 7.15. The molecule has 0 bridgehead atoms. The summed E-state index contributed by atoms with van der Waals surface area (Å²) in [6.07, 6.45) is 0. The number of hydrazone groups is 1. The molecule has 0 radical (unpaired) electrons. The molecular formula is C17H14ClN3O2S. The molecule has 0 aliphatic carbocycles. The predicted molar refractivity (Wildman–Crippen MR) is 98.5 cm³/mol. The second-order valence-electron chi connectivity index (χ2n) is 5.08. The zero-order valence-electron chi connectivity index (χ0n) is 12.8. The highest BCUT2D eigenvalue weighted by atomic mass is 35.5. The Balaban J connectivity index is 2.11. The molecule has 0 spiro atoms. The van der Waals surface area contributed by atoms with Crippen LogP contribution < -0.4 is 0 Å². The summed E-state index contributed by atoms with van der Waals surface area (Å²) in [5.74, 6) is -0.980. The average molecular weight is 360 g/mol. The Kier molecular flexibility index (Phi) is 4.87. The van der Waals surface area contributed by atoms with E-state index in [2.05, 4.69) is 10.1 Å². The Morgan fingerprint density at radius 2 is 2.00 bits per heavy atom. The lowest BCUT2D eigenvalue weighted by Crippen LogP contribution is -2.20. The van der Waals surface area contributed by atoms with Crippen molar-refractivity contribution in [2.24, 2.45) is 10.1 Å². The van der Waals surface area contributed by atoms with Gasteiger partial charge in [0.15, 0.2) is 5.17 Å². The second kappa shape index (κ2) is 7.07. The number of hydrogen-bond acceptors (Lipinski definition) is 5. The number of thioether (sulfide) groups is 1. The summed E-state index contributed by atoms with van der Waals surface area (Å²) < 4.78 is 0. The minimum Gasteiger partial charge on any atom is -0.481 e. The molecule has 1 aliphatic rings. The summed E-state index contributed by atoms with van der Waals surface area (Å²) in [6, 6.07) is 15.1. The zero-order chi connectivity index (χ0) is 17.1. The van der Waals surface area contributed by atoms with Gasteiger partial charge in [0.1, 0.15) is 5.71 Å². The van der Waals surface area contributed by atoms with Crippen LogP contribution in [0.3, 0.4) is 0 Å². The average Bonchev–Trinajstić information content (AvgIpc) is 2.70. The maximum Gasteiger partial charge on any atom is 0.313 e. The number of nitrogens with zero attached hydrogens (tertiary/aromatic N) is 3. The minimum atomic E-state index is -0.899. The van der Waals surface area contributed by atoms with Crippen molar-refractivity contribution >= 4 is 45.9 Å². The lowest BCUT2D eigenvalue weighted by molar-refractivity contribution is -0.133. The predicted octanol–water partition coefficient (Wildman–Crippen LogP) is 3.84. The highest BCUT2D eigenvalue weighted by Gasteiger charge is 2.20. The third-order valence-corrected chi connectivity index (χ3v) is 4.57. The van der Waals surface area contributed by atoms with E-state index in [-0.39, 0.29) is 5.75 Å². The number of aliphatic imine (C=N–C) groups is 1. The molecule has 1 aliphatic heterocycles. The number of halogens is 1. The Labute approximate surface area is 148 Å². The van der Waals surface area contributed by atoms with Crippen molar-refractivity contribution in [1.82, 2.24) is 5.01 Å². The number of amidine groups is 1. The molecule has 2 aromatic rings. The Hall–Kier alpha value is -2.31. The van der Waals surface area contributed by atoms with Crippen molar-refractivity contribution in [3.05, 3.63) is 64.7 Å². The van der Waals surface area contributed by atoms with Crippen molar-refractivity contribution in [3.63, 3.8) is 0 Å². The quantitative estimate of drug-likeness (QED) is 0.904. The minimum absolute atomic E-state index is 0.0811. The summed E-state index contributed by atoms with van der Waals surface area (Å²) in [7, 11) is 1.75. The number of fused-ring (bicyclic) bond motifs is 1. The van der Waals surface area contributed by atoms with Crippen LogP contribution in [0, 0.1) is 0 Å². The highest BCUT2D eigenvalue weighted by Crippen LogP contribution is 2.30. The molecule has 0 amide bonds. The van der Waals surface area contributed by atoms with Crippen LogP contribution in [0.5, 0.6) is 0 Å². The van der Waals surface area contributed by atoms with Crippen molar-refractivity contribution in [3.8, 4) is 0 Å². The van der Waals surface area contributed by atoms with Gasteiger partial charge in [-0.05, 0) is 18.2 Å². The van der Waals surface area contributed by atoms with Gasteiger partial charge in [0.2, 0.25) is 0 Å². The Morgan fingerprint density at radius 3 is 2.71 bits per heavy atom. The van der Waals surface area contributed by atoms with Gasteiger partial charge in [-0.1, -0.05) is 53.7 Å². The summed E-state index contributed by atoms with van der Waals surface area (Å²) in [4.78, 5) is 15.4. The van der Waals surface area contributed by atoms with Crippen molar-refractivity contribution in [2.45, 2.75) is 0 Å². The molecule has 7 heteroatoms. The summed E-state index contributed by atoms with van der Waals surface area (Å²) in [5.41, 5.74) is 3.20. The van der Waals surface area contributed by atoms with Crippen LogP contribution in [0.2, 0.25) is 5.02 Å². The summed E-state index contributed by atoms with van der Waals surface area (Å²) in [5, 5.41) is 16.3. The van der Waals surface area contributed by atoms with E-state index in [4.69, 9.17) is 16.7 Å². The first-order valence-corrected chi connectivity index (χ1v) is 8.52. The molecular weight excluding hydrogens is 346 g/mol. The van der Waals surface area contributed by atoms with Crippen LogP contribution in [-0.2, 0) is 4.79 Å². The monoisotopic (exact) mass is 359 g/mol. The molecule has 0 atom stereocenters. The number of rotatable bonds is 3. The fraction of sp³-hybridized carbons (Fsp3) is 0.118. The van der Waals surface area contributed by atoms with E-state index >= 15 is 0 Å². The number of carbonyl (C=O) groups is 1. The van der Waals surface area contributed by atoms with Gasteiger partial charge >= 0.3 is 5.97 Å². The highest BCUT2D eigenvalue weighted by molar-refractivity contribution is 8.14. The Bertz CT molecular complexity index is 837. The van der Waals surface area contributed by atoms with Gasteiger partial charge < -0.3 is 5.11 Å². The van der Waals surface area contributed by atoms with Crippen LogP contribution in [0.15, 0.2) is 58.6 Å². The molecule has 0 aromatic heterocycles. The standard InChI is InChI=1S/C17H14ClN3O2S/c1-21-17(24-10-15(22)23)19-14-8-7-12(18)9-13(14)16(20-21)11-5-3-2-4-6-11/h2-9H,10H2,1H3,(H,22,23). The molecule has 24 heavy (non-hydrogen) atoms.